The molecule has 0 saturated carbocycles. The van der Waals surface area contributed by atoms with Crippen LogP contribution < -0.4 is 4.72 Å². The van der Waals surface area contributed by atoms with E-state index in [0.717, 1.165) is 0 Å². The van der Waals surface area contributed by atoms with Crippen LogP contribution in [0, 0.1) is 5.41 Å². The molecule has 2 aromatic rings. The molecule has 0 atom stereocenters. The Bertz CT molecular complexity index is 912. The van der Waals surface area contributed by atoms with Crippen LogP contribution in [0.5, 0.6) is 0 Å². The highest BCUT2D eigenvalue weighted by molar-refractivity contribution is 7.87. The Morgan fingerprint density at radius 2 is 1.43 bits per heavy atom. The van der Waals surface area contributed by atoms with E-state index >= 15 is 0 Å². The van der Waals surface area contributed by atoms with E-state index in [1.807, 2.05) is 4.72 Å². The summed E-state index contributed by atoms with van der Waals surface area (Å²) in [4.78, 5) is 29.2. The van der Waals surface area contributed by atoms with Gasteiger partial charge in [-0.1, -0.05) is 12.1 Å². The van der Waals surface area contributed by atoms with Crippen LogP contribution in [0.3, 0.4) is 0 Å². The molecule has 0 aliphatic carbocycles. The molecule has 150 valence electrons. The van der Waals surface area contributed by atoms with Gasteiger partial charge in [0.1, 0.15) is 0 Å². The molecule has 10 heteroatoms. The minimum atomic E-state index is -4.40. The molecular formula is C18H20N2O7S. The van der Waals surface area contributed by atoms with Gasteiger partial charge in [-0.3, -0.25) is 23.8 Å². The highest BCUT2D eigenvalue weighted by atomic mass is 32.2. The molecule has 9 nitrogen and oxygen atoms in total. The van der Waals surface area contributed by atoms with Crippen LogP contribution in [-0.4, -0.2) is 44.1 Å². The Kier molecular flexibility index (Phi) is 6.71. The lowest BCUT2D eigenvalue weighted by molar-refractivity contribution is -0.169. The van der Waals surface area contributed by atoms with E-state index < -0.39 is 27.7 Å². The fourth-order valence-corrected chi connectivity index (χ4v) is 3.30. The van der Waals surface area contributed by atoms with Crippen molar-refractivity contribution in [2.45, 2.75) is 12.8 Å². The van der Waals surface area contributed by atoms with Crippen LogP contribution >= 0.6 is 0 Å². The van der Waals surface area contributed by atoms with Crippen molar-refractivity contribution in [3.8, 4) is 0 Å². The zero-order valence-corrected chi connectivity index (χ0v) is 16.1. The largest absolute Gasteiger partial charge is 0.468 e. The average Bonchev–Trinajstić information content (AvgIpc) is 2.67. The molecule has 0 aliphatic heterocycles. The Hall–Kier alpha value is -2.98. The van der Waals surface area contributed by atoms with Crippen molar-refractivity contribution in [1.82, 2.24) is 4.98 Å². The number of pyridine rings is 1. The summed E-state index contributed by atoms with van der Waals surface area (Å²) in [7, 11) is -2.03. The predicted octanol–water partition coefficient (Wildman–Crippen LogP) is 1.41. The number of rotatable bonds is 8. The third kappa shape index (κ3) is 5.27. The second-order valence-corrected chi connectivity index (χ2v) is 7.20. The number of methoxy groups -OCH3 is 2. The van der Waals surface area contributed by atoms with Gasteiger partial charge in [0.15, 0.2) is 5.41 Å². The first kappa shape index (κ1) is 21.3. The second-order valence-electron chi connectivity index (χ2n) is 6.05. The van der Waals surface area contributed by atoms with Gasteiger partial charge in [-0.25, -0.2) is 0 Å². The quantitative estimate of drug-likeness (QED) is 0.381. The van der Waals surface area contributed by atoms with Crippen molar-refractivity contribution in [2.75, 3.05) is 18.9 Å². The smallest absolute Gasteiger partial charge is 0.357 e. The highest BCUT2D eigenvalue weighted by Gasteiger charge is 2.48. The molecule has 0 fully saturated rings. The Morgan fingerprint density at radius 1 is 0.964 bits per heavy atom. The van der Waals surface area contributed by atoms with E-state index in [1.54, 1.807) is 24.5 Å². The van der Waals surface area contributed by atoms with E-state index in [4.69, 9.17) is 14.0 Å². The first-order valence-corrected chi connectivity index (χ1v) is 9.54. The van der Waals surface area contributed by atoms with Gasteiger partial charge >= 0.3 is 22.2 Å². The number of esters is 2. The predicted molar refractivity (Wildman–Crippen MR) is 99.7 cm³/mol. The van der Waals surface area contributed by atoms with Crippen molar-refractivity contribution in [1.29, 1.82) is 0 Å². The van der Waals surface area contributed by atoms with Gasteiger partial charge in [0.2, 0.25) is 0 Å². The molecule has 1 aromatic carbocycles. The Morgan fingerprint density at radius 3 is 1.86 bits per heavy atom. The summed E-state index contributed by atoms with van der Waals surface area (Å²) in [5.74, 6) is -1.51. The lowest BCUT2D eigenvalue weighted by Crippen LogP contribution is -2.45. The summed E-state index contributed by atoms with van der Waals surface area (Å²) < 4.78 is 42.3. The van der Waals surface area contributed by atoms with E-state index in [0.29, 0.717) is 11.1 Å². The number of benzene rings is 1. The molecule has 28 heavy (non-hydrogen) atoms. The lowest BCUT2D eigenvalue weighted by atomic mass is 9.76. The van der Waals surface area contributed by atoms with Crippen molar-refractivity contribution >= 4 is 27.9 Å². The number of nitrogens with zero attached hydrogens (tertiary/aromatic N) is 1. The van der Waals surface area contributed by atoms with Crippen molar-refractivity contribution in [2.24, 2.45) is 5.41 Å². The highest BCUT2D eigenvalue weighted by Crippen LogP contribution is 2.32. The Labute approximate surface area is 162 Å². The molecule has 0 unspecified atom stereocenters. The summed E-state index contributed by atoms with van der Waals surface area (Å²) in [5.41, 5.74) is -0.258. The molecule has 2 rings (SSSR count). The van der Waals surface area contributed by atoms with Gasteiger partial charge < -0.3 is 9.47 Å². The number of anilines is 1. The minimum absolute atomic E-state index is 0.0277. The van der Waals surface area contributed by atoms with Crippen molar-refractivity contribution in [3.63, 3.8) is 0 Å². The van der Waals surface area contributed by atoms with Crippen LogP contribution in [0.15, 0.2) is 48.8 Å². The number of ether oxygens (including phenoxy) is 2. The number of aromatic nitrogens is 1. The van der Waals surface area contributed by atoms with Crippen molar-refractivity contribution < 1.29 is 32.0 Å². The lowest BCUT2D eigenvalue weighted by Gasteiger charge is -2.28. The molecular weight excluding hydrogens is 388 g/mol. The average molecular weight is 408 g/mol. The summed E-state index contributed by atoms with van der Waals surface area (Å²) in [6.07, 6.45) is 3.08. The molecule has 1 aromatic heterocycles. The number of carbonyl (C=O) groups is 2. The maximum atomic E-state index is 12.6. The van der Waals surface area contributed by atoms with E-state index in [9.17, 15) is 18.0 Å². The molecule has 0 radical (unpaired) electrons. The Balaban J connectivity index is 2.40. The van der Waals surface area contributed by atoms with E-state index in [-0.39, 0.29) is 18.5 Å². The molecule has 0 spiro atoms. The molecule has 0 saturated heterocycles. The molecule has 2 N–H and O–H groups in total. The molecule has 0 aliphatic rings. The fraction of sp³-hybridized carbons (Fsp3) is 0.278. The van der Waals surface area contributed by atoms with Crippen LogP contribution in [0.2, 0.25) is 0 Å². The minimum Gasteiger partial charge on any atom is -0.468 e. The standard InChI is InChI=1S/C18H20N2O7S/c1-26-16(21)18(17(22)27-2,12-14-7-9-19-10-8-14)11-13-3-5-15(6-4-13)20-28(23,24)25/h3-10,20H,11-12H2,1-2H3,(H,23,24,25). The van der Waals surface area contributed by atoms with Gasteiger partial charge in [0.05, 0.1) is 19.9 Å². The number of carbonyl (C=O) groups excluding carboxylic acids is 2. The number of hydrogen-bond donors (Lipinski definition) is 2. The second kappa shape index (κ2) is 8.81. The number of hydrogen-bond acceptors (Lipinski definition) is 7. The van der Waals surface area contributed by atoms with E-state index in [1.165, 1.54) is 38.5 Å². The zero-order valence-electron chi connectivity index (χ0n) is 15.3. The third-order valence-electron chi connectivity index (χ3n) is 4.11. The summed E-state index contributed by atoms with van der Waals surface area (Å²) in [5, 5.41) is 0. The van der Waals surface area contributed by atoms with Gasteiger partial charge in [-0.05, 0) is 48.2 Å². The van der Waals surface area contributed by atoms with Gasteiger partial charge in [0, 0.05) is 12.4 Å². The monoisotopic (exact) mass is 408 g/mol. The van der Waals surface area contributed by atoms with Gasteiger partial charge in [-0.2, -0.15) is 8.42 Å². The number of nitrogens with one attached hydrogen (secondary N) is 1. The fourth-order valence-electron chi connectivity index (χ4n) is 2.86. The topological polar surface area (TPSA) is 132 Å². The first-order valence-electron chi connectivity index (χ1n) is 8.10. The summed E-state index contributed by atoms with van der Waals surface area (Å²) in [6.45, 7) is 0. The molecule has 0 amide bonds. The van der Waals surface area contributed by atoms with Crippen LogP contribution in [0.4, 0.5) is 5.69 Å². The SMILES string of the molecule is COC(=O)C(Cc1ccncc1)(Cc1ccc(NS(=O)(=O)O)cc1)C(=O)OC. The summed E-state index contributed by atoms with van der Waals surface area (Å²) in [6, 6.07) is 9.21. The zero-order chi connectivity index (χ0) is 20.8. The van der Waals surface area contributed by atoms with Gasteiger partial charge in [0.25, 0.3) is 0 Å². The van der Waals surface area contributed by atoms with Crippen LogP contribution in [0.25, 0.3) is 0 Å². The van der Waals surface area contributed by atoms with Crippen LogP contribution in [0.1, 0.15) is 11.1 Å². The van der Waals surface area contributed by atoms with Crippen LogP contribution in [-0.2, 0) is 42.2 Å². The third-order valence-corrected chi connectivity index (χ3v) is 4.61. The summed E-state index contributed by atoms with van der Waals surface area (Å²) >= 11 is 0. The maximum Gasteiger partial charge on any atom is 0.357 e. The first-order chi connectivity index (χ1) is 13.2. The van der Waals surface area contributed by atoms with Gasteiger partial charge in [-0.15, -0.1) is 0 Å². The normalized spacial score (nSPS) is 11.5. The van der Waals surface area contributed by atoms with E-state index in [2.05, 4.69) is 4.98 Å². The van der Waals surface area contributed by atoms with Crippen molar-refractivity contribution in [3.05, 3.63) is 59.9 Å². The molecule has 1 heterocycles. The maximum absolute atomic E-state index is 12.6. The molecule has 0 bridgehead atoms.